The number of sulfonamides is 1. The Balaban J connectivity index is 1.78. The first-order valence-corrected chi connectivity index (χ1v) is 18.5. The molecule has 0 bridgehead atoms. The number of ether oxygens (including phenoxy) is 1. The van der Waals surface area contributed by atoms with Crippen LogP contribution in [-0.4, -0.2) is 73.4 Å². The molecule has 0 radical (unpaired) electrons. The summed E-state index contributed by atoms with van der Waals surface area (Å²) in [4.78, 5) is 44.8. The lowest BCUT2D eigenvalue weighted by molar-refractivity contribution is -0.123. The second kappa shape index (κ2) is 18.1. The van der Waals surface area contributed by atoms with Crippen molar-refractivity contribution in [3.8, 4) is 0 Å². The van der Waals surface area contributed by atoms with E-state index >= 15 is 0 Å². The molecule has 3 rings (SSSR count). The molecule has 0 aliphatic rings. The van der Waals surface area contributed by atoms with Crippen molar-refractivity contribution in [2.75, 3.05) is 32.5 Å². The van der Waals surface area contributed by atoms with E-state index in [4.69, 9.17) is 15.0 Å². The zero-order valence-corrected chi connectivity index (χ0v) is 29.0. The second-order valence-electron chi connectivity index (χ2n) is 11.7. The molecular formula is C33H45N4O9PS. The largest absolute Gasteiger partial charge is 0.469 e. The lowest BCUT2D eigenvalue weighted by Gasteiger charge is -2.32. The van der Waals surface area contributed by atoms with Crippen molar-refractivity contribution in [1.29, 1.82) is 0 Å². The molecule has 0 aliphatic carbocycles. The monoisotopic (exact) mass is 704 g/mol. The average molecular weight is 705 g/mol. The molecular weight excluding hydrogens is 659 g/mol. The van der Waals surface area contributed by atoms with Gasteiger partial charge in [-0.3, -0.25) is 9.32 Å². The number of phosphoric acid groups is 1. The molecule has 0 aromatic heterocycles. The Morgan fingerprint density at radius 3 is 1.98 bits per heavy atom. The molecule has 0 aliphatic heterocycles. The highest BCUT2D eigenvalue weighted by molar-refractivity contribution is 7.89. The molecule has 6 N–H and O–H groups in total. The number of phosphoric ester groups is 1. The summed E-state index contributed by atoms with van der Waals surface area (Å²) in [6, 6.07) is 22.3. The molecule has 0 saturated carbocycles. The smallest absolute Gasteiger partial charge is 0.453 e. The van der Waals surface area contributed by atoms with Gasteiger partial charge in [0.05, 0.1) is 18.6 Å². The van der Waals surface area contributed by atoms with Crippen LogP contribution in [0.2, 0.25) is 0 Å². The highest BCUT2D eigenvalue weighted by atomic mass is 32.2. The molecule has 3 aromatic rings. The number of carbonyl (C=O) groups is 2. The van der Waals surface area contributed by atoms with Gasteiger partial charge in [-0.15, -0.1) is 0 Å². The third-order valence-electron chi connectivity index (χ3n) is 7.53. The van der Waals surface area contributed by atoms with Gasteiger partial charge in [0.1, 0.15) is 6.04 Å². The number of methoxy groups -OCH3 is 1. The fraction of sp³-hybridized carbons (Fsp3) is 0.394. The van der Waals surface area contributed by atoms with Crippen molar-refractivity contribution in [2.24, 2.45) is 5.92 Å². The van der Waals surface area contributed by atoms with Crippen LogP contribution in [0.4, 0.5) is 10.5 Å². The molecule has 3 aromatic carbocycles. The molecule has 0 spiro atoms. The molecule has 2 atom stereocenters. The van der Waals surface area contributed by atoms with E-state index in [-0.39, 0.29) is 30.3 Å². The molecule has 48 heavy (non-hydrogen) atoms. The van der Waals surface area contributed by atoms with Crippen LogP contribution in [0.25, 0.3) is 0 Å². The number of anilines is 1. The summed E-state index contributed by atoms with van der Waals surface area (Å²) in [7, 11) is -7.79. The minimum atomic E-state index is -4.91. The zero-order chi connectivity index (χ0) is 35.3. The van der Waals surface area contributed by atoms with Crippen LogP contribution >= 0.6 is 7.82 Å². The van der Waals surface area contributed by atoms with Crippen LogP contribution in [0.3, 0.4) is 0 Å². The van der Waals surface area contributed by atoms with Crippen molar-refractivity contribution >= 4 is 35.5 Å². The van der Waals surface area contributed by atoms with Crippen LogP contribution < -0.4 is 16.4 Å². The van der Waals surface area contributed by atoms with Crippen molar-refractivity contribution in [1.82, 2.24) is 14.9 Å². The molecule has 2 amide bonds. The number of amides is 2. The van der Waals surface area contributed by atoms with Gasteiger partial charge in [-0.1, -0.05) is 80.9 Å². The number of nitrogens with zero attached hydrogens (tertiary/aromatic N) is 1. The minimum absolute atomic E-state index is 0.0127. The van der Waals surface area contributed by atoms with Gasteiger partial charge in [-0.25, -0.2) is 17.8 Å². The van der Waals surface area contributed by atoms with Gasteiger partial charge < -0.3 is 30.9 Å². The number of alkyl carbamates (subject to hydrolysis) is 1. The summed E-state index contributed by atoms with van der Waals surface area (Å²) >= 11 is 0. The molecule has 0 heterocycles. The number of nitrogens with one attached hydrogen (secondary N) is 2. The van der Waals surface area contributed by atoms with Crippen LogP contribution in [-0.2, 0) is 28.6 Å². The van der Waals surface area contributed by atoms with E-state index in [2.05, 4.69) is 10.6 Å². The number of hydrogen-bond acceptors (Lipinski definition) is 8. The molecule has 15 heteroatoms. The lowest BCUT2D eigenvalue weighted by atomic mass is 9.84. The van der Waals surface area contributed by atoms with E-state index in [1.54, 1.807) is 0 Å². The Morgan fingerprint density at radius 1 is 0.917 bits per heavy atom. The fourth-order valence-corrected chi connectivity index (χ4v) is 7.45. The lowest BCUT2D eigenvalue weighted by Crippen LogP contribution is -2.50. The zero-order valence-electron chi connectivity index (χ0n) is 27.3. The van der Waals surface area contributed by atoms with Crippen LogP contribution in [0.5, 0.6) is 0 Å². The van der Waals surface area contributed by atoms with Crippen molar-refractivity contribution in [3.63, 3.8) is 0 Å². The first-order chi connectivity index (χ1) is 22.7. The number of unbranched alkanes of at least 4 members (excludes halogenated alkanes) is 1. The highest BCUT2D eigenvalue weighted by Gasteiger charge is 2.35. The molecule has 0 fully saturated rings. The summed E-state index contributed by atoms with van der Waals surface area (Å²) in [5.74, 6) is -1.11. The predicted molar refractivity (Wildman–Crippen MR) is 182 cm³/mol. The maximum Gasteiger partial charge on any atom is 0.469 e. The highest BCUT2D eigenvalue weighted by Crippen LogP contribution is 2.37. The van der Waals surface area contributed by atoms with E-state index in [1.807, 2.05) is 74.5 Å². The standard InChI is InChI=1S/C33H45N4O9PS/c1-24(2)22-37(48(43,44)29-19-17-27(34)18-20-29)28(23-46-47(40,41)42)16-10-11-21-35-32(38)31(36-33(39)45-3)30(25-12-6-4-7-13-25)26-14-8-5-9-15-26/h4-9,12-15,17-20,24,28,30-31H,10-11,16,21-23,34H2,1-3H3,(H,35,38)(H,36,39)(H2,40,41,42)/t28-,31?/m0/s1. The minimum Gasteiger partial charge on any atom is -0.453 e. The number of nitrogens with two attached hydrogens (primary N) is 1. The summed E-state index contributed by atoms with van der Waals surface area (Å²) in [6.45, 7) is 3.37. The Hall–Kier alpha value is -3.78. The molecule has 262 valence electrons. The van der Waals surface area contributed by atoms with Crippen molar-refractivity contribution < 1.29 is 41.6 Å². The third-order valence-corrected chi connectivity index (χ3v) is 9.95. The fourth-order valence-electron chi connectivity index (χ4n) is 5.28. The topological polar surface area (TPSA) is 198 Å². The molecule has 13 nitrogen and oxygen atoms in total. The Bertz CT molecular complexity index is 1570. The Labute approximate surface area is 282 Å². The van der Waals surface area contributed by atoms with Crippen LogP contribution in [0, 0.1) is 5.92 Å². The number of hydrogen-bond donors (Lipinski definition) is 5. The van der Waals surface area contributed by atoms with Gasteiger partial charge >= 0.3 is 13.9 Å². The van der Waals surface area contributed by atoms with E-state index in [0.29, 0.717) is 18.5 Å². The maximum atomic E-state index is 13.7. The average Bonchev–Trinajstić information content (AvgIpc) is 3.05. The first-order valence-electron chi connectivity index (χ1n) is 15.5. The van der Waals surface area contributed by atoms with Crippen LogP contribution in [0.1, 0.15) is 50.2 Å². The van der Waals surface area contributed by atoms with E-state index in [1.165, 1.54) is 35.7 Å². The SMILES string of the molecule is COC(=O)NC(C(=O)NCCCC[C@@H](COP(=O)(O)O)N(CC(C)C)S(=O)(=O)c1ccc(N)cc1)C(c1ccccc1)c1ccccc1. The summed E-state index contributed by atoms with van der Waals surface area (Å²) < 4.78 is 49.9. The molecule has 0 saturated heterocycles. The third kappa shape index (κ3) is 11.7. The Kier molecular flexibility index (Phi) is 14.6. The summed E-state index contributed by atoms with van der Waals surface area (Å²) in [5.41, 5.74) is 7.75. The summed E-state index contributed by atoms with van der Waals surface area (Å²) in [5, 5.41) is 5.55. The van der Waals surface area contributed by atoms with Gasteiger partial charge in [0.2, 0.25) is 15.9 Å². The number of carbonyl (C=O) groups excluding carboxylic acids is 2. The number of benzene rings is 3. The molecule has 1 unspecified atom stereocenters. The van der Waals surface area contributed by atoms with Crippen molar-refractivity contribution in [3.05, 3.63) is 96.1 Å². The normalized spacial score (nSPS) is 13.3. The van der Waals surface area contributed by atoms with E-state index in [9.17, 15) is 32.4 Å². The number of nitrogen functional groups attached to an aromatic ring is 1. The predicted octanol–water partition coefficient (Wildman–Crippen LogP) is 4.24. The van der Waals surface area contributed by atoms with Crippen molar-refractivity contribution in [2.45, 2.75) is 56.0 Å². The van der Waals surface area contributed by atoms with Gasteiger partial charge in [-0.2, -0.15) is 4.31 Å². The number of rotatable bonds is 18. The summed E-state index contributed by atoms with van der Waals surface area (Å²) in [6.07, 6.45) is 0.170. The van der Waals surface area contributed by atoms with Gasteiger partial charge in [0, 0.05) is 30.7 Å². The van der Waals surface area contributed by atoms with E-state index < -0.39 is 54.5 Å². The maximum absolute atomic E-state index is 13.7. The van der Waals surface area contributed by atoms with E-state index in [0.717, 1.165) is 11.1 Å². The second-order valence-corrected chi connectivity index (χ2v) is 14.8. The van der Waals surface area contributed by atoms with Crippen LogP contribution in [0.15, 0.2) is 89.8 Å². The van der Waals surface area contributed by atoms with Gasteiger partial charge in [0.25, 0.3) is 0 Å². The Morgan fingerprint density at radius 2 is 1.48 bits per heavy atom. The van der Waals surface area contributed by atoms with Gasteiger partial charge in [-0.05, 0) is 54.2 Å². The first kappa shape index (κ1) is 38.7. The van der Waals surface area contributed by atoms with Gasteiger partial charge in [0.15, 0.2) is 0 Å². The quantitative estimate of drug-likeness (QED) is 0.0726.